The number of H-pyrrole nitrogens is 1. The molecule has 10 heteroatoms. The second-order valence-corrected chi connectivity index (χ2v) is 9.20. The van der Waals surface area contributed by atoms with Gasteiger partial charge < -0.3 is 10.2 Å². The summed E-state index contributed by atoms with van der Waals surface area (Å²) in [6.45, 7) is 1.56. The molecule has 1 aliphatic carbocycles. The highest BCUT2D eigenvalue weighted by atomic mass is 35.5. The number of amidine groups is 1. The number of carbonyl (C=O) groups excluding carboxylic acids is 1. The smallest absolute Gasteiger partial charge is 0.247 e. The molecule has 1 saturated heterocycles. The number of fused-ring (bicyclic) bond motifs is 1. The Morgan fingerprint density at radius 3 is 2.94 bits per heavy atom. The Kier molecular flexibility index (Phi) is 5.05. The molecule has 2 aromatic rings. The number of hydrogen-bond acceptors (Lipinski definition) is 6. The molecule has 0 unspecified atom stereocenters. The van der Waals surface area contributed by atoms with Gasteiger partial charge in [-0.15, -0.1) is 0 Å². The number of carbonyl (C=O) groups is 1. The van der Waals surface area contributed by atoms with Crippen LogP contribution in [0.25, 0.3) is 0 Å². The van der Waals surface area contributed by atoms with E-state index in [1.807, 2.05) is 29.2 Å². The summed E-state index contributed by atoms with van der Waals surface area (Å²) >= 11 is 6.24. The summed E-state index contributed by atoms with van der Waals surface area (Å²) in [7, 11) is 0. The summed E-state index contributed by atoms with van der Waals surface area (Å²) in [4.78, 5) is 24.7. The molecule has 0 radical (unpaired) electrons. The number of benzene rings is 1. The lowest BCUT2D eigenvalue weighted by Crippen LogP contribution is -2.56. The number of hydrogen-bond donors (Lipinski definition) is 3. The lowest BCUT2D eigenvalue weighted by atomic mass is 10.2. The summed E-state index contributed by atoms with van der Waals surface area (Å²) in [5.74, 6) is 2.39. The van der Waals surface area contributed by atoms with Crippen LogP contribution in [0.1, 0.15) is 43.7 Å². The number of para-hydroxylation sites is 1. The number of nitrogens with one attached hydrogen (secondary N) is 3. The van der Waals surface area contributed by atoms with Crippen molar-refractivity contribution in [1.82, 2.24) is 25.5 Å². The lowest BCUT2D eigenvalue weighted by Gasteiger charge is -2.35. The molecule has 4 heterocycles. The topological polar surface area (TPSA) is 101 Å². The van der Waals surface area contributed by atoms with Crippen molar-refractivity contribution in [2.45, 2.75) is 44.1 Å². The van der Waals surface area contributed by atoms with Crippen molar-refractivity contribution in [2.24, 2.45) is 9.98 Å². The van der Waals surface area contributed by atoms with Gasteiger partial charge in [0.25, 0.3) is 0 Å². The number of amides is 1. The Bertz CT molecular complexity index is 1180. The number of guanidine groups is 1. The third-order valence-electron chi connectivity index (χ3n) is 6.44. The molecule has 4 aliphatic rings. The van der Waals surface area contributed by atoms with Gasteiger partial charge in [-0.05, 0) is 44.2 Å². The number of nitrogens with zero attached hydrogens (tertiary/aromatic N) is 5. The van der Waals surface area contributed by atoms with Crippen LogP contribution in [-0.4, -0.2) is 56.9 Å². The minimum absolute atomic E-state index is 0.0901. The van der Waals surface area contributed by atoms with Crippen LogP contribution >= 0.6 is 11.6 Å². The molecule has 0 spiro atoms. The van der Waals surface area contributed by atoms with E-state index in [0.29, 0.717) is 34.2 Å². The van der Waals surface area contributed by atoms with Crippen molar-refractivity contribution in [1.29, 1.82) is 0 Å². The predicted molar refractivity (Wildman–Crippen MR) is 127 cm³/mol. The molecule has 1 saturated carbocycles. The van der Waals surface area contributed by atoms with Crippen LogP contribution in [0.2, 0.25) is 5.02 Å². The average molecular weight is 465 g/mol. The number of anilines is 1. The Morgan fingerprint density at radius 1 is 1.21 bits per heavy atom. The summed E-state index contributed by atoms with van der Waals surface area (Å²) < 4.78 is 0. The molecular weight excluding hydrogens is 440 g/mol. The van der Waals surface area contributed by atoms with E-state index >= 15 is 0 Å². The van der Waals surface area contributed by atoms with Crippen LogP contribution in [-0.2, 0) is 4.79 Å². The van der Waals surface area contributed by atoms with E-state index in [1.54, 1.807) is 6.07 Å². The van der Waals surface area contributed by atoms with E-state index in [4.69, 9.17) is 21.6 Å². The molecular formula is C23H25ClN8O. The fraction of sp³-hybridized carbons (Fsp3) is 0.391. The molecule has 1 atom stereocenters. The van der Waals surface area contributed by atoms with Gasteiger partial charge in [-0.2, -0.15) is 10.1 Å². The monoisotopic (exact) mass is 464 g/mol. The standard InChI is InChI=1S/C23H25ClN8O/c24-15-5-1-2-6-16(15)25-22(33)19-8-3-11-31(19)23-27-21(18-7-4-12-32(18)30-23)26-20-13-17(28-29-20)14-9-10-14/h1-2,5-7,13-14,19H,3-4,8-12H2,(H,25,33)(H2,26,27,28,29,30)/t19-/m0/s1. The van der Waals surface area contributed by atoms with Gasteiger partial charge in [0.2, 0.25) is 11.9 Å². The van der Waals surface area contributed by atoms with Crippen LogP contribution in [0.15, 0.2) is 52.1 Å². The van der Waals surface area contributed by atoms with Crippen LogP contribution < -0.4 is 10.7 Å². The van der Waals surface area contributed by atoms with E-state index in [0.717, 1.165) is 43.7 Å². The molecule has 1 aromatic heterocycles. The van der Waals surface area contributed by atoms with Gasteiger partial charge in [0.1, 0.15) is 6.04 Å². The molecule has 0 bridgehead atoms. The number of hydrazine groups is 1. The van der Waals surface area contributed by atoms with Gasteiger partial charge >= 0.3 is 0 Å². The predicted octanol–water partition coefficient (Wildman–Crippen LogP) is 3.54. The highest BCUT2D eigenvalue weighted by Crippen LogP contribution is 2.40. The van der Waals surface area contributed by atoms with Crippen LogP contribution in [0.4, 0.5) is 11.5 Å². The van der Waals surface area contributed by atoms with E-state index < -0.39 is 0 Å². The Labute approximate surface area is 196 Å². The molecule has 170 valence electrons. The maximum absolute atomic E-state index is 13.1. The quantitative estimate of drug-likeness (QED) is 0.642. The van der Waals surface area contributed by atoms with E-state index in [1.165, 1.54) is 12.8 Å². The van der Waals surface area contributed by atoms with Crippen molar-refractivity contribution >= 4 is 40.8 Å². The van der Waals surface area contributed by atoms with Crippen LogP contribution in [0.3, 0.4) is 0 Å². The zero-order valence-electron chi connectivity index (χ0n) is 18.1. The second-order valence-electron chi connectivity index (χ2n) is 8.79. The van der Waals surface area contributed by atoms with Crippen molar-refractivity contribution in [2.75, 3.05) is 18.4 Å². The lowest BCUT2D eigenvalue weighted by molar-refractivity contribution is -0.119. The first kappa shape index (κ1) is 20.3. The Hall–Kier alpha value is -3.33. The maximum atomic E-state index is 13.1. The van der Waals surface area contributed by atoms with Gasteiger partial charge in [-0.25, -0.2) is 4.99 Å². The number of aromatic amines is 1. The molecule has 1 aromatic carbocycles. The second kappa shape index (κ2) is 8.22. The number of rotatable bonds is 4. The fourth-order valence-electron chi connectivity index (χ4n) is 4.57. The zero-order valence-corrected chi connectivity index (χ0v) is 18.8. The Morgan fingerprint density at radius 2 is 2.09 bits per heavy atom. The third kappa shape index (κ3) is 3.97. The van der Waals surface area contributed by atoms with Gasteiger partial charge in [0.15, 0.2) is 11.7 Å². The van der Waals surface area contributed by atoms with E-state index in [2.05, 4.69) is 32.0 Å². The minimum atomic E-state index is -0.339. The fourth-order valence-corrected chi connectivity index (χ4v) is 4.75. The molecule has 33 heavy (non-hydrogen) atoms. The van der Waals surface area contributed by atoms with Crippen LogP contribution in [0, 0.1) is 0 Å². The van der Waals surface area contributed by atoms with Crippen LogP contribution in [0.5, 0.6) is 0 Å². The van der Waals surface area contributed by atoms with Crippen molar-refractivity contribution in [3.63, 3.8) is 0 Å². The molecule has 3 N–H and O–H groups in total. The zero-order chi connectivity index (χ0) is 22.4. The summed E-state index contributed by atoms with van der Waals surface area (Å²) in [6.07, 6.45) is 7.10. The summed E-state index contributed by atoms with van der Waals surface area (Å²) in [6, 6.07) is 8.95. The number of halogens is 1. The summed E-state index contributed by atoms with van der Waals surface area (Å²) in [5, 5.41) is 13.0. The molecule has 2 fully saturated rings. The number of aromatic nitrogens is 2. The number of aliphatic imine (C=N–C) groups is 2. The van der Waals surface area contributed by atoms with Crippen molar-refractivity contribution in [3.05, 3.63) is 52.8 Å². The highest BCUT2D eigenvalue weighted by molar-refractivity contribution is 6.33. The average Bonchev–Trinajstić information content (AvgIpc) is 3.20. The molecule has 1 amide bonds. The minimum Gasteiger partial charge on any atom is -0.329 e. The normalized spacial score (nSPS) is 23.3. The Balaban J connectivity index is 1.27. The number of likely N-dealkylation sites (tertiary alicyclic amines) is 1. The third-order valence-corrected chi connectivity index (χ3v) is 6.77. The summed E-state index contributed by atoms with van der Waals surface area (Å²) in [5.41, 5.74) is 6.10. The molecule has 9 nitrogen and oxygen atoms in total. The first-order chi connectivity index (χ1) is 16.2. The van der Waals surface area contributed by atoms with Gasteiger partial charge in [0.05, 0.1) is 16.4 Å². The molecule has 6 rings (SSSR count). The van der Waals surface area contributed by atoms with Crippen molar-refractivity contribution in [3.8, 4) is 0 Å². The van der Waals surface area contributed by atoms with Gasteiger partial charge in [-0.1, -0.05) is 29.8 Å². The first-order valence-electron chi connectivity index (χ1n) is 11.4. The van der Waals surface area contributed by atoms with Crippen molar-refractivity contribution < 1.29 is 4.79 Å². The van der Waals surface area contributed by atoms with E-state index in [9.17, 15) is 4.79 Å². The molecule has 3 aliphatic heterocycles. The SMILES string of the molecule is O=C(Nc1ccccc1Cl)[C@@H]1CCCN1C1=NC(=Nc2cc(C3CC3)[nH]n2)C2=CCCN2N1. The van der Waals surface area contributed by atoms with E-state index in [-0.39, 0.29) is 11.9 Å². The van der Waals surface area contributed by atoms with Gasteiger partial charge in [0, 0.05) is 30.8 Å². The highest BCUT2D eigenvalue weighted by Gasteiger charge is 2.37. The maximum Gasteiger partial charge on any atom is 0.247 e. The van der Waals surface area contributed by atoms with Gasteiger partial charge in [-0.3, -0.25) is 20.3 Å². The first-order valence-corrected chi connectivity index (χ1v) is 11.8. The largest absolute Gasteiger partial charge is 0.329 e.